The standard InChI is InChI=1S/C37H52O9/c1-7-31-25(6)13-14-36(46-31)19-29-18-28(45-36)12-11-24(5)16-23(4)9-8-10-27-21-43-34-33(39)26(20-42-32(38)15-22(2)3)17-30(35(40)44-29)37(27,34)41/h8-11,15,17,23,25,28-31,33-34,39,41H,7,12-14,16,18-21H2,1-6H3/b9-8+,24-11+,27-10+. The Morgan fingerprint density at radius 1 is 1.20 bits per heavy atom. The molecule has 0 aromatic rings. The number of rotatable bonds is 4. The molecule has 10 unspecified atom stereocenters. The zero-order chi connectivity index (χ0) is 33.2. The quantitative estimate of drug-likeness (QED) is 0.236. The lowest BCUT2D eigenvalue weighted by Gasteiger charge is -2.50. The number of fused-ring (bicyclic) bond motifs is 2. The van der Waals surface area contributed by atoms with Crippen LogP contribution < -0.4 is 0 Å². The SMILES string of the molecule is CCC1OC2(CCC1C)CC1CC(C/C=C(\C)CC(C)/C=C/C=C3\COC4C(O)C(COC(=O)C=C(C)C)=CC(C(=O)O1)C34O)O2. The van der Waals surface area contributed by atoms with Crippen LogP contribution in [0.1, 0.15) is 86.5 Å². The third kappa shape index (κ3) is 7.44. The Labute approximate surface area is 273 Å². The smallest absolute Gasteiger partial charge is 0.331 e. The van der Waals surface area contributed by atoms with Crippen LogP contribution in [0.5, 0.6) is 0 Å². The predicted molar refractivity (Wildman–Crippen MR) is 172 cm³/mol. The van der Waals surface area contributed by atoms with Crippen LogP contribution in [0.15, 0.2) is 58.7 Å². The molecule has 46 heavy (non-hydrogen) atoms. The maximum Gasteiger partial charge on any atom is 0.331 e. The molecule has 5 rings (SSSR count). The fourth-order valence-corrected chi connectivity index (χ4v) is 7.70. The van der Waals surface area contributed by atoms with Crippen molar-refractivity contribution in [2.24, 2.45) is 17.8 Å². The van der Waals surface area contributed by atoms with Gasteiger partial charge in [-0.1, -0.05) is 62.3 Å². The molecule has 0 aromatic carbocycles. The molecule has 0 radical (unpaired) electrons. The number of aliphatic hydroxyl groups excluding tert-OH is 1. The second-order valence-corrected chi connectivity index (χ2v) is 14.3. The summed E-state index contributed by atoms with van der Waals surface area (Å²) in [4.78, 5) is 26.5. The highest BCUT2D eigenvalue weighted by atomic mass is 16.7. The largest absolute Gasteiger partial charge is 0.462 e. The second kappa shape index (κ2) is 14.3. The summed E-state index contributed by atoms with van der Waals surface area (Å²) in [6.45, 7) is 11.9. The molecule has 2 N–H and O–H groups in total. The van der Waals surface area contributed by atoms with Crippen LogP contribution >= 0.6 is 0 Å². The van der Waals surface area contributed by atoms with Crippen molar-refractivity contribution in [2.45, 2.75) is 128 Å². The predicted octanol–water partition coefficient (Wildman–Crippen LogP) is 5.41. The molecule has 9 nitrogen and oxygen atoms in total. The van der Waals surface area contributed by atoms with Gasteiger partial charge in [-0.25, -0.2) is 4.79 Å². The minimum Gasteiger partial charge on any atom is -0.462 e. The summed E-state index contributed by atoms with van der Waals surface area (Å²) in [5.41, 5.74) is 0.935. The van der Waals surface area contributed by atoms with Crippen molar-refractivity contribution in [2.75, 3.05) is 13.2 Å². The summed E-state index contributed by atoms with van der Waals surface area (Å²) in [5, 5.41) is 23.7. The topological polar surface area (TPSA) is 121 Å². The maximum atomic E-state index is 14.2. The van der Waals surface area contributed by atoms with E-state index in [2.05, 4.69) is 39.8 Å². The number of hydrogen-bond acceptors (Lipinski definition) is 9. The highest BCUT2D eigenvalue weighted by molar-refractivity contribution is 5.83. The van der Waals surface area contributed by atoms with Gasteiger partial charge in [-0.2, -0.15) is 0 Å². The maximum absolute atomic E-state index is 14.2. The van der Waals surface area contributed by atoms with E-state index in [1.807, 2.05) is 6.08 Å². The second-order valence-electron chi connectivity index (χ2n) is 14.3. The van der Waals surface area contributed by atoms with Crippen molar-refractivity contribution in [3.8, 4) is 0 Å². The third-order valence-corrected chi connectivity index (χ3v) is 10.2. The number of carbonyl (C=O) groups excluding carboxylic acids is 2. The summed E-state index contributed by atoms with van der Waals surface area (Å²) in [7, 11) is 0. The normalized spacial score (nSPS) is 42.8. The molecule has 9 heteroatoms. The Kier molecular flexibility index (Phi) is 10.8. The average Bonchev–Trinajstić information content (AvgIpc) is 3.33. The molecule has 4 heterocycles. The van der Waals surface area contributed by atoms with E-state index in [1.165, 1.54) is 17.7 Å². The van der Waals surface area contributed by atoms with Crippen molar-refractivity contribution < 1.29 is 43.5 Å². The minimum absolute atomic E-state index is 0.0330. The molecule has 0 aromatic heterocycles. The van der Waals surface area contributed by atoms with Crippen LogP contribution in [0.25, 0.3) is 0 Å². The average molecular weight is 641 g/mol. The molecule has 3 saturated heterocycles. The fraction of sp³-hybridized carbons (Fsp3) is 0.676. The molecule has 10 atom stereocenters. The van der Waals surface area contributed by atoms with Gasteiger partial charge in [0.2, 0.25) is 0 Å². The van der Waals surface area contributed by atoms with Gasteiger partial charge in [0.15, 0.2) is 5.79 Å². The first-order valence-electron chi connectivity index (χ1n) is 17.0. The van der Waals surface area contributed by atoms with E-state index >= 15 is 0 Å². The number of hydrogen-bond donors (Lipinski definition) is 2. The lowest BCUT2D eigenvalue weighted by Crippen LogP contribution is -2.58. The van der Waals surface area contributed by atoms with Crippen molar-refractivity contribution in [3.05, 3.63) is 58.7 Å². The monoisotopic (exact) mass is 640 g/mol. The van der Waals surface area contributed by atoms with Gasteiger partial charge in [0, 0.05) is 25.3 Å². The van der Waals surface area contributed by atoms with E-state index in [0.717, 1.165) is 24.8 Å². The van der Waals surface area contributed by atoms with Gasteiger partial charge >= 0.3 is 11.9 Å². The molecule has 5 aliphatic rings. The van der Waals surface area contributed by atoms with Crippen LogP contribution in [-0.2, 0) is 33.3 Å². The van der Waals surface area contributed by atoms with E-state index in [1.54, 1.807) is 19.9 Å². The Morgan fingerprint density at radius 3 is 2.72 bits per heavy atom. The van der Waals surface area contributed by atoms with Gasteiger partial charge < -0.3 is 33.9 Å². The third-order valence-electron chi connectivity index (χ3n) is 10.2. The zero-order valence-electron chi connectivity index (χ0n) is 28.2. The summed E-state index contributed by atoms with van der Waals surface area (Å²) >= 11 is 0. The molecule has 1 aliphatic carbocycles. The molecule has 1 spiro atoms. The van der Waals surface area contributed by atoms with E-state index in [0.29, 0.717) is 37.2 Å². The van der Waals surface area contributed by atoms with Crippen molar-refractivity contribution in [3.63, 3.8) is 0 Å². The summed E-state index contributed by atoms with van der Waals surface area (Å²) in [6.07, 6.45) is 12.7. The first kappa shape index (κ1) is 34.8. The Morgan fingerprint density at radius 2 is 1.98 bits per heavy atom. The van der Waals surface area contributed by atoms with E-state index in [4.69, 9.17) is 23.7 Å². The van der Waals surface area contributed by atoms with Gasteiger partial charge in [0.1, 0.15) is 36.4 Å². The van der Waals surface area contributed by atoms with Crippen LogP contribution in [0.4, 0.5) is 0 Å². The zero-order valence-corrected chi connectivity index (χ0v) is 28.2. The molecule has 2 bridgehead atoms. The van der Waals surface area contributed by atoms with E-state index < -0.39 is 47.6 Å². The molecular weight excluding hydrogens is 588 g/mol. The Hall–Kier alpha value is -2.56. The minimum atomic E-state index is -1.85. The molecular formula is C37H52O9. The molecule has 254 valence electrons. The van der Waals surface area contributed by atoms with Crippen LogP contribution in [0, 0.1) is 17.8 Å². The molecule has 0 amide bonds. The first-order valence-corrected chi connectivity index (χ1v) is 17.0. The molecule has 3 fully saturated rings. The molecule has 0 saturated carbocycles. The van der Waals surface area contributed by atoms with E-state index in [-0.39, 0.29) is 36.9 Å². The highest BCUT2D eigenvalue weighted by Gasteiger charge is 2.60. The Bertz CT molecular complexity index is 1310. The Balaban J connectivity index is 1.51. The van der Waals surface area contributed by atoms with E-state index in [9.17, 15) is 19.8 Å². The number of aliphatic hydroxyl groups is 2. The summed E-state index contributed by atoms with van der Waals surface area (Å²) < 4.78 is 31.0. The van der Waals surface area contributed by atoms with Gasteiger partial charge in [-0.3, -0.25) is 4.79 Å². The van der Waals surface area contributed by atoms with Crippen LogP contribution in [0.3, 0.4) is 0 Å². The lowest BCUT2D eigenvalue weighted by molar-refractivity contribution is -0.335. The van der Waals surface area contributed by atoms with Gasteiger partial charge in [0.25, 0.3) is 0 Å². The summed E-state index contributed by atoms with van der Waals surface area (Å²) in [6, 6.07) is 0. The first-order chi connectivity index (χ1) is 21.8. The van der Waals surface area contributed by atoms with Gasteiger partial charge in [0.05, 0.1) is 18.8 Å². The van der Waals surface area contributed by atoms with Crippen molar-refractivity contribution in [1.29, 1.82) is 0 Å². The fourth-order valence-electron chi connectivity index (χ4n) is 7.70. The molecule has 4 aliphatic heterocycles. The van der Waals surface area contributed by atoms with Crippen molar-refractivity contribution in [1.82, 2.24) is 0 Å². The number of allylic oxidation sites excluding steroid dienone is 5. The van der Waals surface area contributed by atoms with Crippen LogP contribution in [0.2, 0.25) is 0 Å². The van der Waals surface area contributed by atoms with Gasteiger partial charge in [-0.05, 0) is 69.4 Å². The number of esters is 2. The summed E-state index contributed by atoms with van der Waals surface area (Å²) in [5.74, 6) is -2.60. The number of carbonyl (C=O) groups is 2. The van der Waals surface area contributed by atoms with Gasteiger partial charge in [-0.15, -0.1) is 0 Å². The van der Waals surface area contributed by atoms with Crippen LogP contribution in [-0.4, -0.2) is 77.3 Å². The lowest BCUT2D eigenvalue weighted by atomic mass is 9.70. The van der Waals surface area contributed by atoms with Crippen molar-refractivity contribution >= 4 is 11.9 Å². The number of ether oxygens (including phenoxy) is 5. The highest BCUT2D eigenvalue weighted by Crippen LogP contribution is 2.47.